The largest absolute Gasteiger partial charge is 0.372 e. The highest BCUT2D eigenvalue weighted by molar-refractivity contribution is 7.22. The highest BCUT2D eigenvalue weighted by Gasteiger charge is 2.10. The normalized spacial score (nSPS) is 11.9. The summed E-state index contributed by atoms with van der Waals surface area (Å²) in [5, 5.41) is 6.06. The number of nitrogens with one attached hydrogen (secondary N) is 1. The zero-order chi connectivity index (χ0) is 10.2. The molecule has 0 bridgehead atoms. The maximum atomic E-state index is 3.49. The first-order valence-electron chi connectivity index (χ1n) is 4.81. The van der Waals surface area contributed by atoms with Crippen LogP contribution in [0.5, 0.6) is 0 Å². The van der Waals surface area contributed by atoms with Crippen LogP contribution in [0.15, 0.2) is 30.3 Å². The molecule has 1 aromatic carbocycles. The van der Waals surface area contributed by atoms with Gasteiger partial charge in [0.1, 0.15) is 0 Å². The van der Waals surface area contributed by atoms with Crippen molar-refractivity contribution in [2.45, 2.75) is 26.3 Å². The third kappa shape index (κ3) is 2.07. The van der Waals surface area contributed by atoms with Crippen molar-refractivity contribution in [3.05, 3.63) is 30.3 Å². The van der Waals surface area contributed by atoms with Crippen LogP contribution in [-0.4, -0.2) is 5.54 Å². The Morgan fingerprint density at radius 3 is 2.50 bits per heavy atom. The summed E-state index contributed by atoms with van der Waals surface area (Å²) >= 11 is 1.81. The van der Waals surface area contributed by atoms with Crippen molar-refractivity contribution >= 4 is 26.4 Å². The first kappa shape index (κ1) is 9.53. The molecule has 1 N–H and O–H groups in total. The molecule has 0 unspecified atom stereocenters. The van der Waals surface area contributed by atoms with Crippen LogP contribution in [0.4, 0.5) is 5.00 Å². The molecule has 0 atom stereocenters. The van der Waals surface area contributed by atoms with Crippen molar-refractivity contribution in [1.82, 2.24) is 0 Å². The summed E-state index contributed by atoms with van der Waals surface area (Å²) in [4.78, 5) is 0. The molecule has 1 nitrogen and oxygen atoms in total. The van der Waals surface area contributed by atoms with Gasteiger partial charge in [-0.2, -0.15) is 0 Å². The summed E-state index contributed by atoms with van der Waals surface area (Å²) in [5.74, 6) is 0. The lowest BCUT2D eigenvalue weighted by Gasteiger charge is -2.20. The second-order valence-electron chi connectivity index (χ2n) is 4.52. The Morgan fingerprint density at radius 2 is 1.86 bits per heavy atom. The minimum absolute atomic E-state index is 0.140. The maximum absolute atomic E-state index is 3.49. The van der Waals surface area contributed by atoms with Crippen LogP contribution in [-0.2, 0) is 0 Å². The predicted molar refractivity (Wildman–Crippen MR) is 65.2 cm³/mol. The summed E-state index contributed by atoms with van der Waals surface area (Å²) in [6, 6.07) is 10.7. The Hall–Kier alpha value is -1.02. The molecule has 1 heterocycles. The molecule has 14 heavy (non-hydrogen) atoms. The van der Waals surface area contributed by atoms with E-state index in [1.807, 2.05) is 11.3 Å². The number of thiophene rings is 1. The van der Waals surface area contributed by atoms with Crippen molar-refractivity contribution in [3.8, 4) is 0 Å². The maximum Gasteiger partial charge on any atom is 0.0898 e. The summed E-state index contributed by atoms with van der Waals surface area (Å²) < 4.78 is 1.35. The zero-order valence-electron chi connectivity index (χ0n) is 8.79. The molecule has 2 heteroatoms. The lowest BCUT2D eigenvalue weighted by molar-refractivity contribution is 0.636. The van der Waals surface area contributed by atoms with Gasteiger partial charge in [0, 0.05) is 10.2 Å². The molecule has 0 spiro atoms. The lowest BCUT2D eigenvalue weighted by atomic mass is 10.1. The van der Waals surface area contributed by atoms with Gasteiger partial charge >= 0.3 is 0 Å². The van der Waals surface area contributed by atoms with Gasteiger partial charge in [-0.15, -0.1) is 11.3 Å². The standard InChI is InChI=1S/C12H15NS/c1-12(2,3)13-11-8-9-6-4-5-7-10(9)14-11/h4-8,13H,1-3H3. The molecule has 0 radical (unpaired) electrons. The molecule has 0 saturated heterocycles. The van der Waals surface area contributed by atoms with Gasteiger partial charge in [0.2, 0.25) is 0 Å². The highest BCUT2D eigenvalue weighted by atomic mass is 32.1. The van der Waals surface area contributed by atoms with Gasteiger partial charge in [-0.25, -0.2) is 0 Å². The fourth-order valence-corrected chi connectivity index (χ4v) is 2.58. The minimum Gasteiger partial charge on any atom is -0.372 e. The first-order chi connectivity index (χ1) is 6.54. The molecule has 0 fully saturated rings. The van der Waals surface area contributed by atoms with Crippen LogP contribution < -0.4 is 5.32 Å². The van der Waals surface area contributed by atoms with E-state index < -0.39 is 0 Å². The monoisotopic (exact) mass is 205 g/mol. The molecule has 1 aromatic heterocycles. The van der Waals surface area contributed by atoms with Gasteiger partial charge in [-0.3, -0.25) is 0 Å². The number of anilines is 1. The third-order valence-corrected chi connectivity index (χ3v) is 2.96. The first-order valence-corrected chi connectivity index (χ1v) is 5.63. The van der Waals surface area contributed by atoms with E-state index in [-0.39, 0.29) is 5.54 Å². The van der Waals surface area contributed by atoms with Crippen molar-refractivity contribution in [2.24, 2.45) is 0 Å². The zero-order valence-corrected chi connectivity index (χ0v) is 9.61. The van der Waals surface area contributed by atoms with Crippen molar-refractivity contribution < 1.29 is 0 Å². The molecule has 0 amide bonds. The average Bonchev–Trinajstić information content (AvgIpc) is 2.42. The van der Waals surface area contributed by atoms with Crippen molar-refractivity contribution in [3.63, 3.8) is 0 Å². The van der Waals surface area contributed by atoms with Crippen LogP contribution in [0.2, 0.25) is 0 Å². The van der Waals surface area contributed by atoms with Crippen LogP contribution in [0, 0.1) is 0 Å². The van der Waals surface area contributed by atoms with E-state index in [9.17, 15) is 0 Å². The van der Waals surface area contributed by atoms with Crippen molar-refractivity contribution in [1.29, 1.82) is 0 Å². The number of hydrogen-bond donors (Lipinski definition) is 1. The Kier molecular flexibility index (Phi) is 2.23. The highest BCUT2D eigenvalue weighted by Crippen LogP contribution is 2.30. The summed E-state index contributed by atoms with van der Waals surface area (Å²) in [6.45, 7) is 6.53. The topological polar surface area (TPSA) is 12.0 Å². The molecular weight excluding hydrogens is 190 g/mol. The van der Waals surface area contributed by atoms with Crippen LogP contribution in [0.3, 0.4) is 0 Å². The fraction of sp³-hybridized carbons (Fsp3) is 0.333. The number of hydrogen-bond acceptors (Lipinski definition) is 2. The second-order valence-corrected chi connectivity index (χ2v) is 5.61. The van der Waals surface area contributed by atoms with Crippen LogP contribution in [0.1, 0.15) is 20.8 Å². The van der Waals surface area contributed by atoms with Crippen LogP contribution >= 0.6 is 11.3 Å². The Bertz CT molecular complexity index is 404. The van der Waals surface area contributed by atoms with E-state index in [1.165, 1.54) is 15.1 Å². The van der Waals surface area contributed by atoms with Gasteiger partial charge in [0.25, 0.3) is 0 Å². The molecule has 0 aliphatic heterocycles. The molecule has 2 aromatic rings. The summed E-state index contributed by atoms with van der Waals surface area (Å²) in [7, 11) is 0. The van der Waals surface area contributed by atoms with Gasteiger partial charge in [0.15, 0.2) is 0 Å². The summed E-state index contributed by atoms with van der Waals surface area (Å²) in [5.41, 5.74) is 0.140. The molecule has 0 aliphatic rings. The van der Waals surface area contributed by atoms with E-state index in [4.69, 9.17) is 0 Å². The molecule has 0 saturated carbocycles. The quantitative estimate of drug-likeness (QED) is 0.738. The van der Waals surface area contributed by atoms with Crippen LogP contribution in [0.25, 0.3) is 10.1 Å². The van der Waals surface area contributed by atoms with Gasteiger partial charge in [0.05, 0.1) is 5.00 Å². The lowest BCUT2D eigenvalue weighted by Crippen LogP contribution is -2.25. The predicted octanol–water partition coefficient (Wildman–Crippen LogP) is 4.11. The Labute approximate surface area is 88.8 Å². The van der Waals surface area contributed by atoms with Crippen molar-refractivity contribution in [2.75, 3.05) is 5.32 Å². The second kappa shape index (κ2) is 3.28. The number of benzene rings is 1. The smallest absolute Gasteiger partial charge is 0.0898 e. The Morgan fingerprint density at radius 1 is 1.14 bits per heavy atom. The summed E-state index contributed by atoms with van der Waals surface area (Å²) in [6.07, 6.45) is 0. The van der Waals surface area contributed by atoms with E-state index >= 15 is 0 Å². The molecule has 0 aliphatic carbocycles. The van der Waals surface area contributed by atoms with E-state index in [2.05, 4.69) is 56.4 Å². The van der Waals surface area contributed by atoms with E-state index in [0.29, 0.717) is 0 Å². The van der Waals surface area contributed by atoms with Gasteiger partial charge in [-0.1, -0.05) is 18.2 Å². The molecule has 74 valence electrons. The number of rotatable bonds is 1. The van der Waals surface area contributed by atoms with Gasteiger partial charge < -0.3 is 5.32 Å². The molecular formula is C12H15NS. The average molecular weight is 205 g/mol. The molecule has 2 rings (SSSR count). The minimum atomic E-state index is 0.140. The Balaban J connectivity index is 2.36. The number of fused-ring (bicyclic) bond motifs is 1. The SMILES string of the molecule is CC(C)(C)Nc1cc2ccccc2s1. The third-order valence-electron chi connectivity index (χ3n) is 1.92. The fourth-order valence-electron chi connectivity index (χ4n) is 1.41. The van der Waals surface area contributed by atoms with E-state index in [1.54, 1.807) is 0 Å². The van der Waals surface area contributed by atoms with Gasteiger partial charge in [-0.05, 0) is 38.3 Å². The van der Waals surface area contributed by atoms with E-state index in [0.717, 1.165) is 0 Å².